The molecule has 1 unspecified atom stereocenters. The number of hydrogen-bond acceptors (Lipinski definition) is 1. The Morgan fingerprint density at radius 1 is 1.60 bits per heavy atom. The van der Waals surface area contributed by atoms with Crippen molar-refractivity contribution in [3.05, 3.63) is 23.9 Å². The largest absolute Gasteiger partial charge is 0.265 e. The van der Waals surface area contributed by atoms with Gasteiger partial charge in [-0.15, -0.1) is 0 Å². The topological polar surface area (TPSA) is 12.4 Å². The second kappa shape index (κ2) is 2.37. The molecule has 1 heterocycles. The molecule has 0 radical (unpaired) electrons. The van der Waals surface area contributed by atoms with Crippen LogP contribution in [0, 0.1) is 0 Å². The first-order chi connectivity index (χ1) is 4.60. The van der Waals surface area contributed by atoms with Crippen LogP contribution in [-0.2, 0) is 0 Å². The Bertz CT molecular complexity index is 211. The van der Waals surface area contributed by atoms with Crippen molar-refractivity contribution in [2.45, 2.75) is 19.5 Å². The predicted octanol–water partition coefficient (Wildman–Crippen LogP) is 2.26. The molecular formula is C8H10FN. The fourth-order valence-corrected chi connectivity index (χ4v) is 0.681. The van der Waals surface area contributed by atoms with E-state index in [1.54, 1.807) is 12.3 Å². The van der Waals surface area contributed by atoms with E-state index in [-0.39, 0.29) is 0 Å². The quantitative estimate of drug-likeness (QED) is 0.488. The lowest BCUT2D eigenvalue weighted by molar-refractivity contribution is 0.362. The Morgan fingerprint density at radius 3 is 3.00 bits per heavy atom. The second-order valence-corrected chi connectivity index (χ2v) is 2.64. The zero-order chi connectivity index (χ0) is 7.61. The van der Waals surface area contributed by atoms with Crippen LogP contribution in [-0.4, -0.2) is 11.9 Å². The Labute approximate surface area is 60.0 Å². The van der Waals surface area contributed by atoms with Gasteiger partial charge in [0.25, 0.3) is 0 Å². The van der Waals surface area contributed by atoms with Gasteiger partial charge >= 0.3 is 0 Å². The van der Waals surface area contributed by atoms with Crippen molar-refractivity contribution >= 4 is 6.21 Å². The van der Waals surface area contributed by atoms with E-state index in [4.69, 9.17) is 0 Å². The Kier molecular flexibility index (Phi) is 1.70. The molecule has 0 amide bonds. The van der Waals surface area contributed by atoms with Gasteiger partial charge in [0.1, 0.15) is 0 Å². The summed E-state index contributed by atoms with van der Waals surface area (Å²) in [5.74, 6) is 0. The van der Waals surface area contributed by atoms with Crippen LogP contribution >= 0.6 is 0 Å². The monoisotopic (exact) mass is 139 g/mol. The third-order valence-corrected chi connectivity index (χ3v) is 1.28. The standard InChI is InChI=1S/C8H10FN/c1-7-3-4-8(2,9)6-10-5-7/h3-6H,1-2H3. The molecule has 1 atom stereocenters. The number of halogens is 1. The summed E-state index contributed by atoms with van der Waals surface area (Å²) in [5.41, 5.74) is -0.411. The molecule has 0 fully saturated rings. The van der Waals surface area contributed by atoms with Crippen molar-refractivity contribution in [3.8, 4) is 0 Å². The highest BCUT2D eigenvalue weighted by atomic mass is 19.1. The highest BCUT2D eigenvalue weighted by Gasteiger charge is 2.15. The average Bonchev–Trinajstić information content (AvgIpc) is 1.94. The maximum Gasteiger partial charge on any atom is 0.161 e. The molecule has 1 nitrogen and oxygen atoms in total. The molecule has 0 aliphatic carbocycles. The molecule has 1 aliphatic heterocycles. The van der Waals surface area contributed by atoms with Crippen LogP contribution in [0.1, 0.15) is 13.8 Å². The lowest BCUT2D eigenvalue weighted by Gasteiger charge is -2.05. The van der Waals surface area contributed by atoms with E-state index < -0.39 is 5.67 Å². The summed E-state index contributed by atoms with van der Waals surface area (Å²) in [6.45, 7) is 3.36. The van der Waals surface area contributed by atoms with Crippen LogP contribution < -0.4 is 0 Å². The molecule has 0 aromatic carbocycles. The first-order valence-corrected chi connectivity index (χ1v) is 3.19. The average molecular weight is 139 g/mol. The molecular weight excluding hydrogens is 129 g/mol. The van der Waals surface area contributed by atoms with Crippen molar-refractivity contribution in [2.24, 2.45) is 4.99 Å². The molecule has 10 heavy (non-hydrogen) atoms. The molecule has 0 aromatic heterocycles. The van der Waals surface area contributed by atoms with E-state index in [1.165, 1.54) is 19.2 Å². The van der Waals surface area contributed by atoms with Gasteiger partial charge in [0.05, 0.1) is 0 Å². The smallest absolute Gasteiger partial charge is 0.161 e. The Hall–Kier alpha value is -0.920. The lowest BCUT2D eigenvalue weighted by Crippen LogP contribution is -2.14. The van der Waals surface area contributed by atoms with E-state index in [2.05, 4.69) is 4.99 Å². The minimum absolute atomic E-state index is 0.970. The number of nitrogens with zero attached hydrogens (tertiary/aromatic N) is 1. The number of rotatable bonds is 0. The van der Waals surface area contributed by atoms with Gasteiger partial charge in [0.15, 0.2) is 5.67 Å². The van der Waals surface area contributed by atoms with Crippen LogP contribution in [0.5, 0.6) is 0 Å². The maximum atomic E-state index is 13.0. The fraction of sp³-hybridized carbons (Fsp3) is 0.375. The zero-order valence-electron chi connectivity index (χ0n) is 6.13. The molecule has 2 heteroatoms. The molecule has 1 aliphatic rings. The summed E-state index contributed by atoms with van der Waals surface area (Å²) in [4.78, 5) is 3.78. The van der Waals surface area contributed by atoms with Crippen LogP contribution in [0.4, 0.5) is 4.39 Å². The third-order valence-electron chi connectivity index (χ3n) is 1.28. The zero-order valence-corrected chi connectivity index (χ0v) is 6.13. The van der Waals surface area contributed by atoms with Gasteiger partial charge in [-0.05, 0) is 25.5 Å². The number of hydrogen-bond donors (Lipinski definition) is 0. The molecule has 0 aromatic rings. The first-order valence-electron chi connectivity index (χ1n) is 3.19. The molecule has 1 rings (SSSR count). The number of allylic oxidation sites excluding steroid dienone is 3. The minimum Gasteiger partial charge on any atom is -0.265 e. The Morgan fingerprint density at radius 2 is 2.30 bits per heavy atom. The van der Waals surface area contributed by atoms with E-state index in [0.29, 0.717) is 0 Å². The second-order valence-electron chi connectivity index (χ2n) is 2.64. The molecule has 54 valence electrons. The molecule has 0 N–H and O–H groups in total. The molecule has 0 bridgehead atoms. The van der Waals surface area contributed by atoms with Gasteiger partial charge in [0.2, 0.25) is 0 Å². The van der Waals surface area contributed by atoms with E-state index >= 15 is 0 Å². The van der Waals surface area contributed by atoms with Crippen molar-refractivity contribution in [3.63, 3.8) is 0 Å². The minimum atomic E-state index is -1.38. The fourth-order valence-electron chi connectivity index (χ4n) is 0.681. The van der Waals surface area contributed by atoms with E-state index in [1.807, 2.05) is 6.92 Å². The van der Waals surface area contributed by atoms with Crippen LogP contribution in [0.15, 0.2) is 28.9 Å². The van der Waals surface area contributed by atoms with Gasteiger partial charge in [-0.25, -0.2) is 4.39 Å². The van der Waals surface area contributed by atoms with Crippen molar-refractivity contribution in [1.82, 2.24) is 0 Å². The van der Waals surface area contributed by atoms with Gasteiger partial charge < -0.3 is 0 Å². The molecule has 0 saturated carbocycles. The van der Waals surface area contributed by atoms with E-state index in [9.17, 15) is 4.39 Å². The first kappa shape index (κ1) is 7.19. The summed E-state index contributed by atoms with van der Waals surface area (Å²) in [6.07, 6.45) is 6.16. The van der Waals surface area contributed by atoms with Crippen LogP contribution in [0.2, 0.25) is 0 Å². The highest BCUT2D eigenvalue weighted by molar-refractivity contribution is 5.72. The van der Waals surface area contributed by atoms with Gasteiger partial charge in [0, 0.05) is 12.4 Å². The van der Waals surface area contributed by atoms with Crippen molar-refractivity contribution in [2.75, 3.05) is 0 Å². The SMILES string of the molecule is CC1=CN=CC(C)(F)C=C1. The van der Waals surface area contributed by atoms with E-state index in [0.717, 1.165) is 5.57 Å². The molecule has 0 spiro atoms. The summed E-state index contributed by atoms with van der Waals surface area (Å²) >= 11 is 0. The molecule has 0 saturated heterocycles. The third kappa shape index (κ3) is 1.79. The van der Waals surface area contributed by atoms with Gasteiger partial charge in [-0.1, -0.05) is 6.08 Å². The predicted molar refractivity (Wildman–Crippen MR) is 40.9 cm³/mol. The summed E-state index contributed by atoms with van der Waals surface area (Å²) in [6, 6.07) is 0. The van der Waals surface area contributed by atoms with Crippen molar-refractivity contribution in [1.29, 1.82) is 0 Å². The van der Waals surface area contributed by atoms with Crippen LogP contribution in [0.3, 0.4) is 0 Å². The summed E-state index contributed by atoms with van der Waals surface area (Å²) < 4.78 is 13.0. The van der Waals surface area contributed by atoms with Gasteiger partial charge in [-0.3, -0.25) is 4.99 Å². The Balaban J connectivity index is 2.88. The van der Waals surface area contributed by atoms with Gasteiger partial charge in [-0.2, -0.15) is 0 Å². The number of aliphatic imine (C=N–C) groups is 1. The summed E-state index contributed by atoms with van der Waals surface area (Å²) in [7, 11) is 0. The lowest BCUT2D eigenvalue weighted by atomic mass is 10.1. The normalized spacial score (nSPS) is 31.7. The number of alkyl halides is 1. The highest BCUT2D eigenvalue weighted by Crippen LogP contribution is 2.13. The van der Waals surface area contributed by atoms with Crippen LogP contribution in [0.25, 0.3) is 0 Å². The van der Waals surface area contributed by atoms with Crippen molar-refractivity contribution < 1.29 is 4.39 Å². The summed E-state index contributed by atoms with van der Waals surface area (Å²) in [5, 5.41) is 0. The maximum absolute atomic E-state index is 13.0.